The number of hydrazine groups is 1. The Morgan fingerprint density at radius 1 is 1.50 bits per heavy atom. The second-order valence-corrected chi connectivity index (χ2v) is 4.90. The summed E-state index contributed by atoms with van der Waals surface area (Å²) in [5.41, 5.74) is 3.86. The van der Waals surface area contributed by atoms with Gasteiger partial charge in [0.05, 0.1) is 12.1 Å². The highest BCUT2D eigenvalue weighted by atomic mass is 16.5. The molecule has 5 nitrogen and oxygen atoms in total. The molecular formula is C13H22N4O. The normalized spacial score (nSPS) is 21.1. The van der Waals surface area contributed by atoms with Gasteiger partial charge < -0.3 is 4.74 Å². The maximum Gasteiger partial charge on any atom is 0.146 e. The first-order chi connectivity index (χ1) is 8.79. The van der Waals surface area contributed by atoms with E-state index in [-0.39, 0.29) is 6.04 Å². The van der Waals surface area contributed by atoms with E-state index in [2.05, 4.69) is 15.4 Å². The summed E-state index contributed by atoms with van der Waals surface area (Å²) in [5.74, 6) is 6.35. The monoisotopic (exact) mass is 250 g/mol. The molecule has 1 fully saturated rings. The Morgan fingerprint density at radius 3 is 2.89 bits per heavy atom. The molecule has 5 heteroatoms. The third-order valence-corrected chi connectivity index (χ3v) is 3.36. The van der Waals surface area contributed by atoms with Crippen molar-refractivity contribution in [2.45, 2.75) is 51.2 Å². The largest absolute Gasteiger partial charge is 0.378 e. The van der Waals surface area contributed by atoms with Crippen LogP contribution in [0, 0.1) is 6.92 Å². The van der Waals surface area contributed by atoms with Crippen molar-refractivity contribution in [2.75, 3.05) is 6.61 Å². The highest BCUT2D eigenvalue weighted by Gasteiger charge is 2.17. The summed E-state index contributed by atoms with van der Waals surface area (Å²) in [6.45, 7) is 2.90. The third-order valence-electron chi connectivity index (χ3n) is 3.36. The molecule has 1 aliphatic heterocycles. The van der Waals surface area contributed by atoms with Gasteiger partial charge in [-0.15, -0.1) is 0 Å². The zero-order chi connectivity index (χ0) is 12.8. The van der Waals surface area contributed by atoms with Gasteiger partial charge in [-0.05, 0) is 44.6 Å². The van der Waals surface area contributed by atoms with E-state index in [9.17, 15) is 0 Å². The van der Waals surface area contributed by atoms with Crippen LogP contribution in [0.5, 0.6) is 0 Å². The van der Waals surface area contributed by atoms with Crippen LogP contribution in [0.25, 0.3) is 0 Å². The van der Waals surface area contributed by atoms with Gasteiger partial charge in [0, 0.05) is 19.0 Å². The van der Waals surface area contributed by atoms with Crippen molar-refractivity contribution >= 4 is 0 Å². The van der Waals surface area contributed by atoms with E-state index < -0.39 is 0 Å². The lowest BCUT2D eigenvalue weighted by atomic mass is 10.1. The minimum atomic E-state index is 0.0343. The van der Waals surface area contributed by atoms with Crippen LogP contribution in [0.2, 0.25) is 0 Å². The van der Waals surface area contributed by atoms with Crippen molar-refractivity contribution in [3.63, 3.8) is 0 Å². The number of nitrogens with zero attached hydrogens (tertiary/aromatic N) is 2. The zero-order valence-electron chi connectivity index (χ0n) is 10.9. The van der Waals surface area contributed by atoms with Crippen LogP contribution < -0.4 is 11.3 Å². The number of aromatic nitrogens is 2. The van der Waals surface area contributed by atoms with Gasteiger partial charge in [0.2, 0.25) is 0 Å². The van der Waals surface area contributed by atoms with Crippen molar-refractivity contribution in [2.24, 2.45) is 5.84 Å². The van der Waals surface area contributed by atoms with Gasteiger partial charge >= 0.3 is 0 Å². The maximum atomic E-state index is 5.61. The quantitative estimate of drug-likeness (QED) is 0.593. The molecule has 100 valence electrons. The van der Waals surface area contributed by atoms with Crippen LogP contribution in [0.3, 0.4) is 0 Å². The number of aryl methyl sites for hydroxylation is 1. The number of ether oxygens (including phenoxy) is 1. The third kappa shape index (κ3) is 3.73. The minimum Gasteiger partial charge on any atom is -0.378 e. The van der Waals surface area contributed by atoms with Crippen LogP contribution in [-0.4, -0.2) is 22.7 Å². The Bertz CT molecular complexity index is 349. The molecule has 3 N–H and O–H groups in total. The van der Waals surface area contributed by atoms with E-state index in [0.29, 0.717) is 6.10 Å². The zero-order valence-corrected chi connectivity index (χ0v) is 10.9. The summed E-state index contributed by atoms with van der Waals surface area (Å²) < 4.78 is 5.61. The molecule has 2 rings (SSSR count). The smallest absolute Gasteiger partial charge is 0.146 e. The lowest BCUT2D eigenvalue weighted by molar-refractivity contribution is 0.101. The number of hydrogen-bond acceptors (Lipinski definition) is 5. The van der Waals surface area contributed by atoms with Gasteiger partial charge in [0.25, 0.3) is 0 Å². The summed E-state index contributed by atoms with van der Waals surface area (Å²) in [7, 11) is 0. The lowest BCUT2D eigenvalue weighted by Gasteiger charge is -2.15. The van der Waals surface area contributed by atoms with Crippen molar-refractivity contribution in [1.29, 1.82) is 0 Å². The molecule has 1 aliphatic rings. The molecule has 2 unspecified atom stereocenters. The Kier molecular flexibility index (Phi) is 5.04. The fourth-order valence-electron chi connectivity index (χ4n) is 2.29. The van der Waals surface area contributed by atoms with Crippen LogP contribution in [0.1, 0.15) is 49.5 Å². The van der Waals surface area contributed by atoms with Crippen molar-refractivity contribution < 1.29 is 4.74 Å². The fourth-order valence-corrected chi connectivity index (χ4v) is 2.29. The predicted octanol–water partition coefficient (Wildman–Crippen LogP) is 1.64. The Hall–Kier alpha value is -1.04. The summed E-state index contributed by atoms with van der Waals surface area (Å²) in [6.07, 6.45) is 9.62. The second kappa shape index (κ2) is 6.78. The molecule has 2 heterocycles. The second-order valence-electron chi connectivity index (χ2n) is 4.90. The van der Waals surface area contributed by atoms with Gasteiger partial charge in [0.15, 0.2) is 0 Å². The maximum absolute atomic E-state index is 5.61. The standard InChI is InChI=1S/C13H22N4O/c1-10-8-15-13(16-9-10)12(17-14)6-2-4-11-5-3-7-18-11/h8-9,11-12,17H,2-7,14H2,1H3. The number of rotatable bonds is 6. The summed E-state index contributed by atoms with van der Waals surface area (Å²) in [5, 5.41) is 0. The number of nitrogens with one attached hydrogen (secondary N) is 1. The molecule has 0 saturated carbocycles. The van der Waals surface area contributed by atoms with Crippen LogP contribution in [-0.2, 0) is 4.74 Å². The summed E-state index contributed by atoms with van der Waals surface area (Å²) in [6, 6.07) is 0.0343. The van der Waals surface area contributed by atoms with Gasteiger partial charge in [-0.3, -0.25) is 5.84 Å². The molecular weight excluding hydrogens is 228 g/mol. The first kappa shape index (κ1) is 13.4. The SMILES string of the molecule is Cc1cnc(C(CCCC2CCCO2)NN)nc1. The van der Waals surface area contributed by atoms with Gasteiger partial charge in [-0.1, -0.05) is 0 Å². The molecule has 0 amide bonds. The molecule has 1 aromatic rings. The van der Waals surface area contributed by atoms with Crippen molar-refractivity contribution in [3.05, 3.63) is 23.8 Å². The van der Waals surface area contributed by atoms with Crippen LogP contribution in [0.15, 0.2) is 12.4 Å². The molecule has 0 spiro atoms. The van der Waals surface area contributed by atoms with E-state index in [1.165, 1.54) is 12.8 Å². The first-order valence-corrected chi connectivity index (χ1v) is 6.66. The van der Waals surface area contributed by atoms with Crippen molar-refractivity contribution in [3.8, 4) is 0 Å². The molecule has 0 bridgehead atoms. The Labute approximate surface area is 108 Å². The first-order valence-electron chi connectivity index (χ1n) is 6.66. The molecule has 0 aromatic carbocycles. The van der Waals surface area contributed by atoms with Gasteiger partial charge in [-0.25, -0.2) is 15.4 Å². The summed E-state index contributed by atoms with van der Waals surface area (Å²) in [4.78, 5) is 8.63. The molecule has 18 heavy (non-hydrogen) atoms. The van der Waals surface area contributed by atoms with E-state index >= 15 is 0 Å². The number of nitrogens with two attached hydrogens (primary N) is 1. The van der Waals surface area contributed by atoms with Gasteiger partial charge in [-0.2, -0.15) is 0 Å². The fraction of sp³-hybridized carbons (Fsp3) is 0.692. The Balaban J connectivity index is 1.79. The van der Waals surface area contributed by atoms with Crippen LogP contribution >= 0.6 is 0 Å². The van der Waals surface area contributed by atoms with E-state index in [1.54, 1.807) is 0 Å². The predicted molar refractivity (Wildman–Crippen MR) is 69.7 cm³/mol. The Morgan fingerprint density at radius 2 is 2.28 bits per heavy atom. The molecule has 0 radical (unpaired) electrons. The highest BCUT2D eigenvalue weighted by Crippen LogP contribution is 2.21. The van der Waals surface area contributed by atoms with E-state index in [1.807, 2.05) is 19.3 Å². The minimum absolute atomic E-state index is 0.0343. The molecule has 0 aliphatic carbocycles. The average molecular weight is 250 g/mol. The lowest BCUT2D eigenvalue weighted by Crippen LogP contribution is -2.29. The number of hydrogen-bond donors (Lipinski definition) is 2. The topological polar surface area (TPSA) is 73.1 Å². The van der Waals surface area contributed by atoms with Crippen LogP contribution in [0.4, 0.5) is 0 Å². The van der Waals surface area contributed by atoms with Gasteiger partial charge in [0.1, 0.15) is 5.82 Å². The molecule has 1 saturated heterocycles. The van der Waals surface area contributed by atoms with E-state index in [0.717, 1.165) is 37.3 Å². The molecule has 2 atom stereocenters. The summed E-state index contributed by atoms with van der Waals surface area (Å²) >= 11 is 0. The van der Waals surface area contributed by atoms with Crippen molar-refractivity contribution in [1.82, 2.24) is 15.4 Å². The molecule has 1 aromatic heterocycles. The average Bonchev–Trinajstić information content (AvgIpc) is 2.89. The van der Waals surface area contributed by atoms with E-state index in [4.69, 9.17) is 10.6 Å². The highest BCUT2D eigenvalue weighted by molar-refractivity contribution is 5.04.